The van der Waals surface area contributed by atoms with Crippen molar-refractivity contribution in [3.63, 3.8) is 0 Å². The highest BCUT2D eigenvalue weighted by atomic mass is 32.2. The fourth-order valence-corrected chi connectivity index (χ4v) is 5.71. The first kappa shape index (κ1) is 14.1. The third-order valence-corrected chi connectivity index (χ3v) is 6.81. The standard InChI is InChI=1S/C14H23N3O2S/c1-14(2,3)13-11(6-15-16-13)8-17-7-10-4-5-20(18,19)12(10)9-17/h6,10,12H,4-5,7-9H2,1-3H3,(H,15,16)/t10-,12+/m0/s1. The lowest BCUT2D eigenvalue weighted by atomic mass is 9.89. The van der Waals surface area contributed by atoms with Gasteiger partial charge in [-0.25, -0.2) is 8.42 Å². The van der Waals surface area contributed by atoms with Gasteiger partial charge in [-0.15, -0.1) is 0 Å². The molecule has 0 spiro atoms. The van der Waals surface area contributed by atoms with Crippen LogP contribution in [-0.4, -0.2) is 47.6 Å². The first-order chi connectivity index (χ1) is 9.27. The van der Waals surface area contributed by atoms with E-state index in [0.717, 1.165) is 25.2 Å². The molecule has 1 N–H and O–H groups in total. The molecule has 2 aliphatic rings. The van der Waals surface area contributed by atoms with E-state index in [1.165, 1.54) is 5.56 Å². The number of nitrogens with zero attached hydrogens (tertiary/aromatic N) is 2. The number of rotatable bonds is 2. The molecule has 0 aromatic carbocycles. The highest BCUT2D eigenvalue weighted by Gasteiger charge is 2.46. The maximum absolute atomic E-state index is 12.0. The fourth-order valence-electron chi connectivity index (χ4n) is 3.53. The Balaban J connectivity index is 1.74. The molecule has 6 heteroatoms. The third-order valence-electron chi connectivity index (χ3n) is 4.55. The number of hydrogen-bond donors (Lipinski definition) is 1. The summed E-state index contributed by atoms with van der Waals surface area (Å²) in [5.74, 6) is 0.722. The molecular weight excluding hydrogens is 274 g/mol. The molecule has 2 fully saturated rings. The molecule has 0 unspecified atom stereocenters. The monoisotopic (exact) mass is 297 g/mol. The molecule has 1 aromatic rings. The van der Waals surface area contributed by atoms with Crippen LogP contribution in [0.25, 0.3) is 0 Å². The molecule has 2 aliphatic heterocycles. The molecule has 3 rings (SSSR count). The largest absolute Gasteiger partial charge is 0.297 e. The van der Waals surface area contributed by atoms with Crippen molar-refractivity contribution in [1.29, 1.82) is 0 Å². The van der Waals surface area contributed by atoms with Crippen molar-refractivity contribution in [2.45, 2.75) is 44.4 Å². The van der Waals surface area contributed by atoms with Gasteiger partial charge in [0.2, 0.25) is 0 Å². The summed E-state index contributed by atoms with van der Waals surface area (Å²) in [7, 11) is -2.84. The quantitative estimate of drug-likeness (QED) is 0.894. The first-order valence-electron chi connectivity index (χ1n) is 7.24. The van der Waals surface area contributed by atoms with Crippen LogP contribution in [0.5, 0.6) is 0 Å². The third kappa shape index (κ3) is 2.39. The molecule has 0 bridgehead atoms. The van der Waals surface area contributed by atoms with Crippen LogP contribution in [0.2, 0.25) is 0 Å². The second-order valence-electron chi connectivity index (χ2n) is 7.17. The van der Waals surface area contributed by atoms with E-state index in [0.29, 0.717) is 18.2 Å². The van der Waals surface area contributed by atoms with Crippen molar-refractivity contribution < 1.29 is 8.42 Å². The molecule has 20 heavy (non-hydrogen) atoms. The molecule has 2 saturated heterocycles. The first-order valence-corrected chi connectivity index (χ1v) is 8.95. The van der Waals surface area contributed by atoms with Crippen molar-refractivity contribution in [2.24, 2.45) is 5.92 Å². The SMILES string of the molecule is CC(C)(C)c1[nH]ncc1CN1C[C@@H]2CCS(=O)(=O)[C@@H]2C1. The van der Waals surface area contributed by atoms with Gasteiger partial charge >= 0.3 is 0 Å². The van der Waals surface area contributed by atoms with Gasteiger partial charge in [0.15, 0.2) is 9.84 Å². The van der Waals surface area contributed by atoms with Gasteiger partial charge in [-0.3, -0.25) is 10.00 Å². The van der Waals surface area contributed by atoms with Gasteiger partial charge in [0.25, 0.3) is 0 Å². The predicted molar refractivity (Wildman–Crippen MR) is 78.2 cm³/mol. The lowest BCUT2D eigenvalue weighted by molar-refractivity contribution is 0.311. The zero-order valence-electron chi connectivity index (χ0n) is 12.4. The Morgan fingerprint density at radius 3 is 2.80 bits per heavy atom. The zero-order valence-corrected chi connectivity index (χ0v) is 13.2. The molecule has 5 nitrogen and oxygen atoms in total. The maximum Gasteiger partial charge on any atom is 0.154 e. The van der Waals surface area contributed by atoms with Crippen molar-refractivity contribution in [2.75, 3.05) is 18.8 Å². The molecule has 3 heterocycles. The Labute approximate surface area is 120 Å². The van der Waals surface area contributed by atoms with Gasteiger partial charge in [-0.2, -0.15) is 5.10 Å². The summed E-state index contributed by atoms with van der Waals surface area (Å²) in [6, 6.07) is 0. The van der Waals surface area contributed by atoms with E-state index < -0.39 is 9.84 Å². The summed E-state index contributed by atoms with van der Waals surface area (Å²) in [5.41, 5.74) is 2.38. The van der Waals surface area contributed by atoms with E-state index >= 15 is 0 Å². The van der Waals surface area contributed by atoms with Crippen molar-refractivity contribution in [1.82, 2.24) is 15.1 Å². The van der Waals surface area contributed by atoms with E-state index in [1.54, 1.807) is 0 Å². The predicted octanol–water partition coefficient (Wildman–Crippen LogP) is 1.33. The van der Waals surface area contributed by atoms with E-state index in [2.05, 4.69) is 35.9 Å². The van der Waals surface area contributed by atoms with Crippen molar-refractivity contribution in [3.05, 3.63) is 17.5 Å². The molecule has 0 amide bonds. The maximum atomic E-state index is 12.0. The highest BCUT2D eigenvalue weighted by molar-refractivity contribution is 7.92. The molecule has 0 aliphatic carbocycles. The van der Waals surface area contributed by atoms with Gasteiger partial charge in [-0.05, 0) is 12.3 Å². The highest BCUT2D eigenvalue weighted by Crippen LogP contribution is 2.35. The number of fused-ring (bicyclic) bond motifs is 1. The minimum Gasteiger partial charge on any atom is -0.297 e. The average molecular weight is 297 g/mol. The lowest BCUT2D eigenvalue weighted by Gasteiger charge is -2.22. The van der Waals surface area contributed by atoms with Crippen LogP contribution in [0.4, 0.5) is 0 Å². The molecule has 1 aromatic heterocycles. The number of sulfone groups is 1. The minimum atomic E-state index is -2.84. The summed E-state index contributed by atoms with van der Waals surface area (Å²) >= 11 is 0. The Hall–Kier alpha value is -0.880. The van der Waals surface area contributed by atoms with Crippen LogP contribution < -0.4 is 0 Å². The summed E-state index contributed by atoms with van der Waals surface area (Å²) < 4.78 is 23.9. The van der Waals surface area contributed by atoms with Gasteiger partial charge in [0.05, 0.1) is 17.2 Å². The van der Waals surface area contributed by atoms with Crippen molar-refractivity contribution in [3.8, 4) is 0 Å². The average Bonchev–Trinajstić information content (AvgIpc) is 2.97. The Morgan fingerprint density at radius 1 is 1.40 bits per heavy atom. The van der Waals surface area contributed by atoms with Gasteiger partial charge in [0.1, 0.15) is 0 Å². The summed E-state index contributed by atoms with van der Waals surface area (Å²) in [6.45, 7) is 8.86. The van der Waals surface area contributed by atoms with Crippen LogP contribution in [0.1, 0.15) is 38.4 Å². The van der Waals surface area contributed by atoms with E-state index in [-0.39, 0.29) is 10.7 Å². The fraction of sp³-hybridized carbons (Fsp3) is 0.786. The summed E-state index contributed by atoms with van der Waals surface area (Å²) in [6.07, 6.45) is 2.71. The number of aromatic nitrogens is 2. The topological polar surface area (TPSA) is 66.1 Å². The summed E-state index contributed by atoms with van der Waals surface area (Å²) in [4.78, 5) is 2.27. The smallest absolute Gasteiger partial charge is 0.154 e. The Morgan fingerprint density at radius 2 is 2.15 bits per heavy atom. The molecular formula is C14H23N3O2S. The molecule has 0 saturated carbocycles. The molecule has 2 atom stereocenters. The van der Waals surface area contributed by atoms with Crippen LogP contribution in [0, 0.1) is 5.92 Å². The van der Waals surface area contributed by atoms with E-state index in [4.69, 9.17) is 0 Å². The van der Waals surface area contributed by atoms with Crippen LogP contribution in [0.15, 0.2) is 6.20 Å². The normalized spacial score (nSPS) is 29.8. The second kappa shape index (κ2) is 4.56. The Kier molecular flexibility index (Phi) is 3.21. The second-order valence-corrected chi connectivity index (χ2v) is 9.51. The summed E-state index contributed by atoms with van der Waals surface area (Å²) in [5, 5.41) is 7.12. The lowest BCUT2D eigenvalue weighted by Crippen LogP contribution is -2.27. The minimum absolute atomic E-state index is 0.0352. The van der Waals surface area contributed by atoms with Crippen LogP contribution in [0.3, 0.4) is 0 Å². The molecule has 0 radical (unpaired) electrons. The number of H-pyrrole nitrogens is 1. The zero-order chi connectivity index (χ0) is 14.5. The number of aromatic amines is 1. The van der Waals surface area contributed by atoms with Crippen LogP contribution in [-0.2, 0) is 21.8 Å². The van der Waals surface area contributed by atoms with Crippen molar-refractivity contribution >= 4 is 9.84 Å². The van der Waals surface area contributed by atoms with Gasteiger partial charge in [0, 0.05) is 36.3 Å². The van der Waals surface area contributed by atoms with E-state index in [9.17, 15) is 8.42 Å². The van der Waals surface area contributed by atoms with Gasteiger partial charge < -0.3 is 0 Å². The van der Waals surface area contributed by atoms with Crippen LogP contribution >= 0.6 is 0 Å². The number of nitrogens with one attached hydrogen (secondary N) is 1. The number of hydrogen-bond acceptors (Lipinski definition) is 4. The number of likely N-dealkylation sites (tertiary alicyclic amines) is 1. The van der Waals surface area contributed by atoms with E-state index in [1.807, 2.05) is 6.20 Å². The Bertz CT molecular complexity index is 600. The van der Waals surface area contributed by atoms with Gasteiger partial charge in [-0.1, -0.05) is 20.8 Å². The molecule has 112 valence electrons.